The Morgan fingerprint density at radius 1 is 1.32 bits per heavy atom. The number of fused-ring (bicyclic) bond motifs is 1. The van der Waals surface area contributed by atoms with Crippen LogP contribution < -0.4 is 9.47 Å². The van der Waals surface area contributed by atoms with Crippen LogP contribution in [-0.2, 0) is 9.53 Å². The van der Waals surface area contributed by atoms with Gasteiger partial charge in [0.25, 0.3) is 0 Å². The summed E-state index contributed by atoms with van der Waals surface area (Å²) < 4.78 is 14.9. The van der Waals surface area contributed by atoms with E-state index < -0.39 is 10.9 Å². The van der Waals surface area contributed by atoms with Crippen molar-refractivity contribution in [3.05, 3.63) is 34.4 Å². The Kier molecular flexibility index (Phi) is 4.84. The van der Waals surface area contributed by atoms with E-state index in [1.54, 1.807) is 19.1 Å². The fraction of sp³-hybridized carbons (Fsp3) is 0.286. The minimum Gasteiger partial charge on any atom is -0.460 e. The minimum absolute atomic E-state index is 0.00587. The molecule has 1 aromatic carbocycles. The van der Waals surface area contributed by atoms with Crippen LogP contribution in [0.5, 0.6) is 11.6 Å². The van der Waals surface area contributed by atoms with Gasteiger partial charge in [0.2, 0.25) is 11.6 Å². The zero-order chi connectivity index (χ0) is 16.1. The lowest BCUT2D eigenvalue weighted by Gasteiger charge is -2.08. The molecule has 22 heavy (non-hydrogen) atoms. The van der Waals surface area contributed by atoms with Crippen LogP contribution in [-0.4, -0.2) is 29.8 Å². The highest BCUT2D eigenvalue weighted by molar-refractivity contribution is 5.90. The summed E-state index contributed by atoms with van der Waals surface area (Å²) in [5.74, 6) is -0.432. The molecule has 0 amide bonds. The number of nitro groups is 1. The van der Waals surface area contributed by atoms with E-state index in [4.69, 9.17) is 14.2 Å². The number of hydrogen-bond acceptors (Lipinski definition) is 7. The van der Waals surface area contributed by atoms with Crippen LogP contribution in [0.2, 0.25) is 0 Å². The van der Waals surface area contributed by atoms with E-state index >= 15 is 0 Å². The molecule has 0 spiro atoms. The third kappa shape index (κ3) is 3.29. The first-order valence-corrected chi connectivity index (χ1v) is 6.47. The van der Waals surface area contributed by atoms with Gasteiger partial charge in [0, 0.05) is 25.0 Å². The number of pyridine rings is 1. The zero-order valence-electron chi connectivity index (χ0n) is 12.1. The molecule has 0 aliphatic heterocycles. The molecular formula is C14H14N2O6. The number of carbonyl (C=O) groups is 1. The normalized spacial score (nSPS) is 10.5. The number of ether oxygens (including phenoxy) is 3. The maximum atomic E-state index is 11.3. The lowest BCUT2D eigenvalue weighted by Crippen LogP contribution is -2.07. The van der Waals surface area contributed by atoms with Crippen molar-refractivity contribution in [3.63, 3.8) is 0 Å². The van der Waals surface area contributed by atoms with Crippen molar-refractivity contribution < 1.29 is 23.9 Å². The number of aromatic nitrogens is 1. The maximum absolute atomic E-state index is 11.3. The Balaban J connectivity index is 2.53. The van der Waals surface area contributed by atoms with Crippen molar-refractivity contribution in [2.45, 2.75) is 13.3 Å². The topological polar surface area (TPSA) is 101 Å². The van der Waals surface area contributed by atoms with Gasteiger partial charge in [-0.1, -0.05) is 6.92 Å². The Bertz CT molecular complexity index is 716. The second kappa shape index (κ2) is 6.81. The van der Waals surface area contributed by atoms with Crippen LogP contribution in [0.15, 0.2) is 24.3 Å². The molecule has 0 N–H and O–H groups in total. The van der Waals surface area contributed by atoms with Crippen LogP contribution in [0.25, 0.3) is 10.9 Å². The lowest BCUT2D eigenvalue weighted by atomic mass is 10.2. The molecule has 8 heteroatoms. The molecule has 116 valence electrons. The standard InChI is InChI=1S/C14H14N2O6/c1-3-12(17)22-11-7-5-9-4-6-10(21-8-20-2)14(16(18)19)13(9)15-11/h4-7H,3,8H2,1-2H3. The molecule has 0 aliphatic rings. The van der Waals surface area contributed by atoms with Gasteiger partial charge in [-0.05, 0) is 18.2 Å². The number of nitrogens with zero attached hydrogens (tertiary/aromatic N) is 2. The second-order valence-corrected chi connectivity index (χ2v) is 4.27. The van der Waals surface area contributed by atoms with Crippen LogP contribution >= 0.6 is 0 Å². The fourth-order valence-corrected chi connectivity index (χ4v) is 1.80. The Morgan fingerprint density at radius 3 is 2.68 bits per heavy atom. The van der Waals surface area contributed by atoms with Crippen LogP contribution in [0.4, 0.5) is 5.69 Å². The SMILES string of the molecule is CCC(=O)Oc1ccc2ccc(OCOC)c([N+](=O)[O-])c2n1. The first-order chi connectivity index (χ1) is 10.6. The molecule has 0 aliphatic carbocycles. The third-order valence-corrected chi connectivity index (χ3v) is 2.79. The molecule has 0 saturated heterocycles. The van der Waals surface area contributed by atoms with Crippen molar-refractivity contribution in [1.29, 1.82) is 0 Å². The predicted molar refractivity (Wildman–Crippen MR) is 76.8 cm³/mol. The lowest BCUT2D eigenvalue weighted by molar-refractivity contribution is -0.384. The minimum atomic E-state index is -0.592. The van der Waals surface area contributed by atoms with E-state index in [0.717, 1.165) is 0 Å². The van der Waals surface area contributed by atoms with E-state index in [2.05, 4.69) is 4.98 Å². The Hall–Kier alpha value is -2.74. The molecule has 2 aromatic rings. The number of hydrogen-bond donors (Lipinski definition) is 0. The molecule has 0 bridgehead atoms. The molecule has 0 fully saturated rings. The van der Waals surface area contributed by atoms with Crippen LogP contribution in [0.3, 0.4) is 0 Å². The van der Waals surface area contributed by atoms with Crippen molar-refractivity contribution in [1.82, 2.24) is 4.98 Å². The molecule has 8 nitrogen and oxygen atoms in total. The van der Waals surface area contributed by atoms with Gasteiger partial charge in [-0.3, -0.25) is 14.9 Å². The summed E-state index contributed by atoms with van der Waals surface area (Å²) in [7, 11) is 1.41. The Labute approximate surface area is 125 Å². The fourth-order valence-electron chi connectivity index (χ4n) is 1.80. The first kappa shape index (κ1) is 15.6. The average Bonchev–Trinajstić information content (AvgIpc) is 2.51. The summed E-state index contributed by atoms with van der Waals surface area (Å²) >= 11 is 0. The van der Waals surface area contributed by atoms with Crippen molar-refractivity contribution in [2.24, 2.45) is 0 Å². The highest BCUT2D eigenvalue weighted by Gasteiger charge is 2.22. The molecule has 0 radical (unpaired) electrons. The summed E-state index contributed by atoms with van der Waals surface area (Å²) in [5.41, 5.74) is -0.219. The van der Waals surface area contributed by atoms with Crippen LogP contribution in [0.1, 0.15) is 13.3 Å². The van der Waals surface area contributed by atoms with Gasteiger partial charge >= 0.3 is 11.7 Å². The molecule has 0 saturated carbocycles. The Morgan fingerprint density at radius 2 is 2.05 bits per heavy atom. The highest BCUT2D eigenvalue weighted by Crippen LogP contribution is 2.35. The summed E-state index contributed by atoms with van der Waals surface area (Å²) in [6, 6.07) is 6.17. The molecular weight excluding hydrogens is 292 g/mol. The van der Waals surface area contributed by atoms with Gasteiger partial charge in [0.1, 0.15) is 0 Å². The zero-order valence-corrected chi connectivity index (χ0v) is 12.1. The number of esters is 1. The smallest absolute Gasteiger partial charge is 0.337 e. The summed E-state index contributed by atoms with van der Waals surface area (Å²) in [6.07, 6.45) is 0.179. The average molecular weight is 306 g/mol. The summed E-state index contributed by atoms with van der Waals surface area (Å²) in [6.45, 7) is 1.51. The predicted octanol–water partition coefficient (Wildman–Crippen LogP) is 2.44. The first-order valence-electron chi connectivity index (χ1n) is 6.47. The van der Waals surface area contributed by atoms with E-state index in [1.165, 1.54) is 19.2 Å². The van der Waals surface area contributed by atoms with Gasteiger partial charge in [0.05, 0.1) is 4.92 Å². The summed E-state index contributed by atoms with van der Waals surface area (Å²) in [4.78, 5) is 26.1. The number of carbonyl (C=O) groups excluding carboxylic acids is 1. The number of nitro benzene ring substituents is 1. The molecule has 0 unspecified atom stereocenters. The quantitative estimate of drug-likeness (QED) is 0.349. The number of benzene rings is 1. The van der Waals surface area contributed by atoms with Gasteiger partial charge in [-0.2, -0.15) is 0 Å². The van der Waals surface area contributed by atoms with Gasteiger partial charge in [-0.25, -0.2) is 4.98 Å². The van der Waals surface area contributed by atoms with Gasteiger partial charge in [0.15, 0.2) is 12.3 Å². The molecule has 1 aromatic heterocycles. The van der Waals surface area contributed by atoms with E-state index in [1.807, 2.05) is 0 Å². The molecule has 1 heterocycles. The van der Waals surface area contributed by atoms with Gasteiger partial charge < -0.3 is 14.2 Å². The number of methoxy groups -OCH3 is 1. The maximum Gasteiger partial charge on any atom is 0.337 e. The molecule has 2 rings (SSSR count). The van der Waals surface area contributed by atoms with E-state index in [9.17, 15) is 14.9 Å². The second-order valence-electron chi connectivity index (χ2n) is 4.27. The summed E-state index contributed by atoms with van der Waals surface area (Å²) in [5, 5.41) is 11.9. The van der Waals surface area contributed by atoms with Crippen LogP contribution in [0, 0.1) is 10.1 Å². The van der Waals surface area contributed by atoms with Crippen molar-refractivity contribution >= 4 is 22.6 Å². The van der Waals surface area contributed by atoms with E-state index in [0.29, 0.717) is 5.39 Å². The third-order valence-electron chi connectivity index (χ3n) is 2.79. The van der Waals surface area contributed by atoms with Gasteiger partial charge in [-0.15, -0.1) is 0 Å². The largest absolute Gasteiger partial charge is 0.460 e. The highest BCUT2D eigenvalue weighted by atomic mass is 16.7. The van der Waals surface area contributed by atoms with Crippen molar-refractivity contribution in [3.8, 4) is 11.6 Å². The molecule has 0 atom stereocenters. The van der Waals surface area contributed by atoms with Crippen molar-refractivity contribution in [2.75, 3.05) is 13.9 Å². The number of rotatable bonds is 6. The monoisotopic (exact) mass is 306 g/mol. The van der Waals surface area contributed by atoms with E-state index in [-0.39, 0.29) is 36.0 Å².